The Morgan fingerprint density at radius 2 is 1.50 bits per heavy atom. The van der Waals surface area contributed by atoms with Gasteiger partial charge in [0, 0.05) is 29.7 Å². The van der Waals surface area contributed by atoms with Crippen LogP contribution in [0.3, 0.4) is 0 Å². The molecule has 154 valence electrons. The second kappa shape index (κ2) is 10.1. The van der Waals surface area contributed by atoms with Crippen molar-refractivity contribution in [2.75, 3.05) is 35.7 Å². The number of hydrogen-bond donors (Lipinski definition) is 2. The van der Waals surface area contributed by atoms with Crippen molar-refractivity contribution in [3.05, 3.63) is 84.4 Å². The molecule has 30 heavy (non-hydrogen) atoms. The second-order valence-corrected chi connectivity index (χ2v) is 6.64. The lowest BCUT2D eigenvalue weighted by molar-refractivity contribution is -0.114. The van der Waals surface area contributed by atoms with E-state index in [0.717, 1.165) is 17.1 Å². The molecule has 0 heterocycles. The molecule has 3 aromatic rings. The van der Waals surface area contributed by atoms with Crippen LogP contribution < -0.4 is 20.3 Å². The molecule has 0 aromatic heterocycles. The summed E-state index contributed by atoms with van der Waals surface area (Å²) in [6.07, 6.45) is 0. The number of carbonyl (C=O) groups excluding carboxylic acids is 2. The normalized spacial score (nSPS) is 10.2. The molecule has 6 nitrogen and oxygen atoms in total. The van der Waals surface area contributed by atoms with Crippen LogP contribution in [0.15, 0.2) is 78.9 Å². The third kappa shape index (κ3) is 5.61. The van der Waals surface area contributed by atoms with Crippen molar-refractivity contribution in [3.8, 4) is 5.75 Å². The first kappa shape index (κ1) is 20.9. The van der Waals surface area contributed by atoms with E-state index >= 15 is 0 Å². The summed E-state index contributed by atoms with van der Waals surface area (Å²) in [6, 6.07) is 23.7. The zero-order valence-electron chi connectivity index (χ0n) is 17.1. The number of rotatable bonds is 8. The van der Waals surface area contributed by atoms with Gasteiger partial charge in [0.1, 0.15) is 5.75 Å². The fraction of sp³-hybridized carbons (Fsp3) is 0.167. The highest BCUT2D eigenvalue weighted by atomic mass is 16.5. The Morgan fingerprint density at radius 1 is 0.867 bits per heavy atom. The van der Waals surface area contributed by atoms with Crippen LogP contribution in [-0.4, -0.2) is 32.0 Å². The van der Waals surface area contributed by atoms with Crippen molar-refractivity contribution in [2.45, 2.75) is 6.92 Å². The number of amides is 2. The van der Waals surface area contributed by atoms with Gasteiger partial charge < -0.3 is 20.3 Å². The van der Waals surface area contributed by atoms with Gasteiger partial charge in [0.2, 0.25) is 5.91 Å². The Morgan fingerprint density at radius 3 is 2.13 bits per heavy atom. The summed E-state index contributed by atoms with van der Waals surface area (Å²) < 4.78 is 5.40. The molecule has 0 saturated carbocycles. The van der Waals surface area contributed by atoms with E-state index in [4.69, 9.17) is 4.74 Å². The molecule has 2 N–H and O–H groups in total. The van der Waals surface area contributed by atoms with Crippen LogP contribution in [0.1, 0.15) is 17.3 Å². The summed E-state index contributed by atoms with van der Waals surface area (Å²) in [5.74, 6) is 0.501. The molecule has 0 aliphatic carbocycles. The van der Waals surface area contributed by atoms with Gasteiger partial charge in [0.25, 0.3) is 5.91 Å². The van der Waals surface area contributed by atoms with Crippen LogP contribution in [0.4, 0.5) is 17.1 Å². The van der Waals surface area contributed by atoms with Crippen molar-refractivity contribution in [1.82, 2.24) is 0 Å². The third-order valence-electron chi connectivity index (χ3n) is 4.48. The molecule has 0 unspecified atom stereocenters. The number of carbonyl (C=O) groups is 2. The van der Waals surface area contributed by atoms with Crippen LogP contribution in [0.2, 0.25) is 0 Å². The Bertz CT molecular complexity index is 971. The van der Waals surface area contributed by atoms with Gasteiger partial charge in [-0.15, -0.1) is 0 Å². The Hall–Kier alpha value is -3.80. The minimum atomic E-state index is -0.177. The first-order valence-corrected chi connectivity index (χ1v) is 9.76. The number of benzene rings is 3. The first-order valence-electron chi connectivity index (χ1n) is 9.76. The lowest BCUT2D eigenvalue weighted by Crippen LogP contribution is -2.26. The summed E-state index contributed by atoms with van der Waals surface area (Å²) in [5.41, 5.74) is 2.83. The predicted octanol–water partition coefficient (Wildman–Crippen LogP) is 4.41. The molecule has 0 aliphatic rings. The van der Waals surface area contributed by atoms with Gasteiger partial charge in [0.05, 0.1) is 13.2 Å². The van der Waals surface area contributed by atoms with Gasteiger partial charge in [-0.2, -0.15) is 0 Å². The van der Waals surface area contributed by atoms with Gasteiger partial charge >= 0.3 is 0 Å². The Labute approximate surface area is 176 Å². The van der Waals surface area contributed by atoms with Crippen molar-refractivity contribution < 1.29 is 14.3 Å². The highest BCUT2D eigenvalue weighted by molar-refractivity contribution is 6.06. The number of ether oxygens (including phenoxy) is 1. The topological polar surface area (TPSA) is 70.7 Å². The summed E-state index contributed by atoms with van der Waals surface area (Å²) in [7, 11) is 1.74. The molecule has 0 fully saturated rings. The quantitative estimate of drug-likeness (QED) is 0.584. The standard InChI is InChI=1S/C24H25N3O3/c1-3-30-22-15-13-19(14-16-22)25-17-23(28)26-20-11-9-18(10-12-20)24(29)27(2)21-7-5-4-6-8-21/h4-16,25H,3,17H2,1-2H3,(H,26,28). The lowest BCUT2D eigenvalue weighted by atomic mass is 10.1. The number of nitrogens with zero attached hydrogens (tertiary/aromatic N) is 1. The Kier molecular flexibility index (Phi) is 7.05. The average molecular weight is 403 g/mol. The molecule has 0 spiro atoms. The summed E-state index contributed by atoms with van der Waals surface area (Å²) in [4.78, 5) is 26.4. The van der Waals surface area contributed by atoms with Crippen LogP contribution >= 0.6 is 0 Å². The highest BCUT2D eigenvalue weighted by Crippen LogP contribution is 2.17. The minimum Gasteiger partial charge on any atom is -0.494 e. The van der Waals surface area contributed by atoms with E-state index in [0.29, 0.717) is 17.9 Å². The highest BCUT2D eigenvalue weighted by Gasteiger charge is 2.13. The van der Waals surface area contributed by atoms with Crippen molar-refractivity contribution in [2.24, 2.45) is 0 Å². The van der Waals surface area contributed by atoms with Crippen molar-refractivity contribution >= 4 is 28.9 Å². The van der Waals surface area contributed by atoms with E-state index in [9.17, 15) is 9.59 Å². The molecule has 0 bridgehead atoms. The van der Waals surface area contributed by atoms with Crippen LogP contribution in [0.25, 0.3) is 0 Å². The third-order valence-corrected chi connectivity index (χ3v) is 4.48. The number of anilines is 3. The Balaban J connectivity index is 1.52. The fourth-order valence-corrected chi connectivity index (χ4v) is 2.88. The van der Waals surface area contributed by atoms with Crippen LogP contribution in [-0.2, 0) is 4.79 Å². The molecule has 2 amide bonds. The summed E-state index contributed by atoms with van der Waals surface area (Å²) in [5, 5.41) is 5.89. The predicted molar refractivity (Wildman–Crippen MR) is 120 cm³/mol. The minimum absolute atomic E-state index is 0.115. The number of para-hydroxylation sites is 1. The van der Waals surface area contributed by atoms with Crippen LogP contribution in [0.5, 0.6) is 5.75 Å². The van der Waals surface area contributed by atoms with E-state index in [2.05, 4.69) is 10.6 Å². The van der Waals surface area contributed by atoms with Gasteiger partial charge in [-0.05, 0) is 67.6 Å². The SMILES string of the molecule is CCOc1ccc(NCC(=O)Nc2ccc(C(=O)N(C)c3ccccc3)cc2)cc1. The molecule has 3 aromatic carbocycles. The maximum atomic E-state index is 12.6. The van der Waals surface area contributed by atoms with Crippen LogP contribution in [0, 0.1) is 0 Å². The van der Waals surface area contributed by atoms with E-state index < -0.39 is 0 Å². The van der Waals surface area contributed by atoms with Gasteiger partial charge in [-0.1, -0.05) is 18.2 Å². The summed E-state index contributed by atoms with van der Waals surface area (Å²) >= 11 is 0. The van der Waals surface area contributed by atoms with E-state index in [1.54, 1.807) is 36.2 Å². The zero-order valence-corrected chi connectivity index (χ0v) is 17.1. The molecule has 0 atom stereocenters. The van der Waals surface area contributed by atoms with E-state index in [-0.39, 0.29) is 18.4 Å². The van der Waals surface area contributed by atoms with E-state index in [1.165, 1.54) is 0 Å². The van der Waals surface area contributed by atoms with Gasteiger partial charge in [-0.3, -0.25) is 9.59 Å². The lowest BCUT2D eigenvalue weighted by Gasteiger charge is -2.17. The molecule has 0 aliphatic heterocycles. The van der Waals surface area contributed by atoms with E-state index in [1.807, 2.05) is 61.5 Å². The molecule has 3 rings (SSSR count). The maximum absolute atomic E-state index is 12.6. The second-order valence-electron chi connectivity index (χ2n) is 6.64. The smallest absolute Gasteiger partial charge is 0.258 e. The first-order chi connectivity index (χ1) is 14.6. The van der Waals surface area contributed by atoms with Crippen molar-refractivity contribution in [3.63, 3.8) is 0 Å². The molecule has 6 heteroatoms. The zero-order chi connectivity index (χ0) is 21.3. The van der Waals surface area contributed by atoms with Gasteiger partial charge in [0.15, 0.2) is 0 Å². The molecular formula is C24H25N3O3. The number of hydrogen-bond acceptors (Lipinski definition) is 4. The average Bonchev–Trinajstić information content (AvgIpc) is 2.79. The fourth-order valence-electron chi connectivity index (χ4n) is 2.88. The largest absolute Gasteiger partial charge is 0.494 e. The molecule has 0 radical (unpaired) electrons. The monoisotopic (exact) mass is 403 g/mol. The van der Waals surface area contributed by atoms with Crippen molar-refractivity contribution in [1.29, 1.82) is 0 Å². The molecule has 0 saturated heterocycles. The maximum Gasteiger partial charge on any atom is 0.258 e. The summed E-state index contributed by atoms with van der Waals surface area (Å²) in [6.45, 7) is 2.67. The molecular weight excluding hydrogens is 378 g/mol. The van der Waals surface area contributed by atoms with Gasteiger partial charge in [-0.25, -0.2) is 0 Å². The number of nitrogens with one attached hydrogen (secondary N) is 2.